The van der Waals surface area contributed by atoms with Gasteiger partial charge in [0.2, 0.25) is 0 Å². The van der Waals surface area contributed by atoms with Crippen LogP contribution in [0.25, 0.3) is 0 Å². The van der Waals surface area contributed by atoms with E-state index in [1.54, 1.807) is 0 Å². The van der Waals surface area contributed by atoms with E-state index in [0.717, 1.165) is 102 Å². The molecule has 87 heavy (non-hydrogen) atoms. The number of unbranched alkanes of at least 4 members (excludes halogenated alkanes) is 36. The van der Waals surface area contributed by atoms with Gasteiger partial charge in [0, 0.05) is 25.7 Å². The van der Waals surface area contributed by atoms with Gasteiger partial charge in [-0.15, -0.1) is 0 Å². The first-order valence-corrected chi connectivity index (χ1v) is 38.5. The van der Waals surface area contributed by atoms with Crippen LogP contribution in [-0.4, -0.2) is 96.7 Å². The first kappa shape index (κ1) is 85.1. The molecule has 0 saturated carbocycles. The van der Waals surface area contributed by atoms with Crippen molar-refractivity contribution in [2.24, 2.45) is 11.8 Å². The molecule has 0 spiro atoms. The highest BCUT2D eigenvalue weighted by Crippen LogP contribution is 2.45. The lowest BCUT2D eigenvalue weighted by Crippen LogP contribution is -2.30. The molecule has 0 heterocycles. The molecule has 0 aromatic carbocycles. The first-order valence-electron chi connectivity index (χ1n) is 35.5. The molecule has 0 amide bonds. The molecule has 0 bridgehead atoms. The zero-order valence-electron chi connectivity index (χ0n) is 56.3. The standard InChI is InChI=1S/C68H132O17P2/c1-7-10-12-14-15-16-17-18-19-20-21-22-23-24-25-30-33-40-46-52-67(72)84-64(57-79-66(71)51-45-39-32-29-27-26-28-31-38-43-49-61(6)9-3)59-83-87(76,77)81-55-62(69)54-80-86(74,75)82-58-63(56-78-65(70)50-44-36-13-11-8-2)85-68(73)53-47-41-35-34-37-42-48-60(4)5/h60-64,69H,7-59H2,1-6H3,(H,74,75)(H,76,77)/t61?,62-,63+,64+/m0/s1. The number of carbonyl (C=O) groups is 4. The number of hydrogen-bond acceptors (Lipinski definition) is 15. The van der Waals surface area contributed by atoms with Crippen molar-refractivity contribution >= 4 is 39.5 Å². The number of rotatable bonds is 67. The van der Waals surface area contributed by atoms with Crippen molar-refractivity contribution in [3.05, 3.63) is 0 Å². The Hall–Kier alpha value is -1.94. The molecule has 0 fully saturated rings. The van der Waals surface area contributed by atoms with E-state index in [1.807, 2.05) is 0 Å². The molecule has 0 aromatic heterocycles. The van der Waals surface area contributed by atoms with Crippen LogP contribution in [0.15, 0.2) is 0 Å². The number of ether oxygens (including phenoxy) is 4. The molecule has 17 nitrogen and oxygen atoms in total. The van der Waals surface area contributed by atoms with E-state index in [1.165, 1.54) is 154 Å². The second kappa shape index (κ2) is 60.3. The maximum Gasteiger partial charge on any atom is 0.472 e. The Morgan fingerprint density at radius 3 is 0.874 bits per heavy atom. The van der Waals surface area contributed by atoms with Crippen LogP contribution in [0.4, 0.5) is 0 Å². The summed E-state index contributed by atoms with van der Waals surface area (Å²) in [7, 11) is -9.88. The molecule has 516 valence electrons. The minimum atomic E-state index is -4.95. The quantitative estimate of drug-likeness (QED) is 0.0222. The lowest BCUT2D eigenvalue weighted by atomic mass is 9.99. The normalized spacial score (nSPS) is 14.5. The van der Waals surface area contributed by atoms with Gasteiger partial charge in [0.1, 0.15) is 19.3 Å². The van der Waals surface area contributed by atoms with E-state index in [9.17, 15) is 43.2 Å². The van der Waals surface area contributed by atoms with Gasteiger partial charge < -0.3 is 33.8 Å². The molecule has 3 N–H and O–H groups in total. The highest BCUT2D eigenvalue weighted by Gasteiger charge is 2.30. The largest absolute Gasteiger partial charge is 0.472 e. The van der Waals surface area contributed by atoms with Crippen molar-refractivity contribution in [2.45, 2.75) is 362 Å². The Morgan fingerprint density at radius 1 is 0.333 bits per heavy atom. The summed E-state index contributed by atoms with van der Waals surface area (Å²) in [6.45, 7) is 9.37. The van der Waals surface area contributed by atoms with Crippen LogP contribution >= 0.6 is 15.6 Å². The molecule has 3 unspecified atom stereocenters. The Bertz CT molecular complexity index is 1700. The predicted molar refractivity (Wildman–Crippen MR) is 349 cm³/mol. The Kier molecular flexibility index (Phi) is 59.0. The lowest BCUT2D eigenvalue weighted by Gasteiger charge is -2.21. The van der Waals surface area contributed by atoms with Crippen LogP contribution in [-0.2, 0) is 65.4 Å². The van der Waals surface area contributed by atoms with Crippen LogP contribution in [0.3, 0.4) is 0 Å². The predicted octanol–water partition coefficient (Wildman–Crippen LogP) is 19.2. The Morgan fingerprint density at radius 2 is 0.586 bits per heavy atom. The van der Waals surface area contributed by atoms with Gasteiger partial charge in [-0.2, -0.15) is 0 Å². The van der Waals surface area contributed by atoms with Gasteiger partial charge >= 0.3 is 39.5 Å². The summed E-state index contributed by atoms with van der Waals surface area (Å²) >= 11 is 0. The molecule has 0 radical (unpaired) electrons. The van der Waals surface area contributed by atoms with Crippen molar-refractivity contribution in [2.75, 3.05) is 39.6 Å². The van der Waals surface area contributed by atoms with E-state index in [2.05, 4.69) is 41.5 Å². The molecular formula is C68H132O17P2. The summed E-state index contributed by atoms with van der Waals surface area (Å²) in [5.74, 6) is -0.664. The smallest absolute Gasteiger partial charge is 0.462 e. The molecule has 19 heteroatoms. The second-order valence-electron chi connectivity index (χ2n) is 25.3. The Labute approximate surface area is 530 Å². The van der Waals surface area contributed by atoms with Crippen LogP contribution < -0.4 is 0 Å². The van der Waals surface area contributed by atoms with Crippen molar-refractivity contribution in [3.63, 3.8) is 0 Å². The number of aliphatic hydroxyl groups excluding tert-OH is 1. The van der Waals surface area contributed by atoms with Gasteiger partial charge in [-0.3, -0.25) is 37.3 Å². The number of phosphoric acid groups is 2. The monoisotopic (exact) mass is 1280 g/mol. The molecule has 0 aliphatic heterocycles. The third-order valence-corrected chi connectivity index (χ3v) is 18.0. The van der Waals surface area contributed by atoms with Crippen molar-refractivity contribution in [1.29, 1.82) is 0 Å². The zero-order chi connectivity index (χ0) is 64.3. The summed E-state index contributed by atoms with van der Waals surface area (Å²) in [6.07, 6.45) is 45.1. The first-order chi connectivity index (χ1) is 41.9. The zero-order valence-corrected chi connectivity index (χ0v) is 58.1. The fraction of sp³-hybridized carbons (Fsp3) is 0.941. The fourth-order valence-electron chi connectivity index (χ4n) is 10.2. The third kappa shape index (κ3) is 61.3. The van der Waals surface area contributed by atoms with E-state index in [4.69, 9.17) is 37.0 Å². The minimum absolute atomic E-state index is 0.101. The van der Waals surface area contributed by atoms with Gasteiger partial charge in [-0.05, 0) is 37.5 Å². The van der Waals surface area contributed by atoms with Crippen LogP contribution in [0.1, 0.15) is 343 Å². The maximum atomic E-state index is 13.0. The van der Waals surface area contributed by atoms with Crippen LogP contribution in [0.5, 0.6) is 0 Å². The molecule has 0 aliphatic rings. The van der Waals surface area contributed by atoms with E-state index in [0.29, 0.717) is 31.6 Å². The van der Waals surface area contributed by atoms with Crippen molar-refractivity contribution in [3.8, 4) is 0 Å². The number of esters is 4. The summed E-state index contributed by atoms with van der Waals surface area (Å²) in [4.78, 5) is 72.1. The summed E-state index contributed by atoms with van der Waals surface area (Å²) in [6, 6.07) is 0. The molecule has 0 rings (SSSR count). The SMILES string of the molecule is CCCCCCCCCCCCCCCCCCCCCC(=O)O[C@H](COC(=O)CCCCCCCCCCCCC(C)CC)COP(=O)(O)OC[C@@H](O)COP(=O)(O)OC[C@@H](COC(=O)CCCCCCC)OC(=O)CCCCCCCCC(C)C. The van der Waals surface area contributed by atoms with Crippen LogP contribution in [0, 0.1) is 11.8 Å². The Balaban J connectivity index is 5.14. The second-order valence-corrected chi connectivity index (χ2v) is 28.2. The molecule has 6 atom stereocenters. The van der Waals surface area contributed by atoms with Crippen molar-refractivity contribution in [1.82, 2.24) is 0 Å². The molecule has 0 aromatic rings. The van der Waals surface area contributed by atoms with E-state index >= 15 is 0 Å². The summed E-state index contributed by atoms with van der Waals surface area (Å²) < 4.78 is 67.9. The van der Waals surface area contributed by atoms with Gasteiger partial charge in [0.25, 0.3) is 0 Å². The lowest BCUT2D eigenvalue weighted by molar-refractivity contribution is -0.161. The van der Waals surface area contributed by atoms with Gasteiger partial charge in [-0.25, -0.2) is 9.13 Å². The van der Waals surface area contributed by atoms with Gasteiger partial charge in [-0.1, -0.05) is 292 Å². The number of carbonyl (C=O) groups excluding carboxylic acids is 4. The highest BCUT2D eigenvalue weighted by molar-refractivity contribution is 7.47. The molecule has 0 aliphatic carbocycles. The average Bonchev–Trinajstić information content (AvgIpc) is 3.69. The fourth-order valence-corrected chi connectivity index (χ4v) is 11.8. The molecule has 0 saturated heterocycles. The van der Waals surface area contributed by atoms with Gasteiger partial charge in [0.05, 0.1) is 26.4 Å². The van der Waals surface area contributed by atoms with Crippen LogP contribution in [0.2, 0.25) is 0 Å². The summed E-state index contributed by atoms with van der Waals surface area (Å²) in [5.41, 5.74) is 0. The summed E-state index contributed by atoms with van der Waals surface area (Å²) in [5, 5.41) is 10.5. The molecular weight excluding hydrogens is 1150 g/mol. The van der Waals surface area contributed by atoms with Gasteiger partial charge in [0.15, 0.2) is 12.2 Å². The minimum Gasteiger partial charge on any atom is -0.462 e. The third-order valence-electron chi connectivity index (χ3n) is 16.1. The average molecular weight is 1280 g/mol. The number of hydrogen-bond donors (Lipinski definition) is 3. The van der Waals surface area contributed by atoms with E-state index in [-0.39, 0.29) is 25.7 Å². The topological polar surface area (TPSA) is 237 Å². The van der Waals surface area contributed by atoms with Crippen molar-refractivity contribution < 1.29 is 80.2 Å². The highest BCUT2D eigenvalue weighted by atomic mass is 31.2. The van der Waals surface area contributed by atoms with E-state index < -0.39 is 97.5 Å². The number of aliphatic hydroxyl groups is 1. The maximum absolute atomic E-state index is 13.0. The number of phosphoric ester groups is 2.